The van der Waals surface area contributed by atoms with Crippen molar-refractivity contribution >= 4 is 22.9 Å². The summed E-state index contributed by atoms with van der Waals surface area (Å²) in [5.41, 5.74) is 2.62. The Labute approximate surface area is 131 Å². The first-order valence-electron chi connectivity index (χ1n) is 7.61. The van der Waals surface area contributed by atoms with Gasteiger partial charge < -0.3 is 19.3 Å². The van der Waals surface area contributed by atoms with E-state index in [0.717, 1.165) is 64.0 Å². The average molecular weight is 306 g/mol. The summed E-state index contributed by atoms with van der Waals surface area (Å²) < 4.78 is 10.8. The van der Waals surface area contributed by atoms with Gasteiger partial charge in [-0.15, -0.1) is 0 Å². The van der Waals surface area contributed by atoms with Gasteiger partial charge in [0.15, 0.2) is 0 Å². The van der Waals surface area contributed by atoms with Gasteiger partial charge in [0.2, 0.25) is 0 Å². The van der Waals surface area contributed by atoms with Crippen LogP contribution in [-0.4, -0.2) is 62.5 Å². The number of benzene rings is 1. The predicted octanol–water partition coefficient (Wildman–Crippen LogP) is 1.73. The van der Waals surface area contributed by atoms with Crippen LogP contribution in [-0.2, 0) is 15.9 Å². The van der Waals surface area contributed by atoms with Crippen molar-refractivity contribution in [2.24, 2.45) is 0 Å². The van der Waals surface area contributed by atoms with E-state index in [-0.39, 0.29) is 0 Å². The van der Waals surface area contributed by atoms with Crippen LogP contribution < -0.4 is 4.90 Å². The molecule has 114 valence electrons. The number of thiocarbonyl (C=S) groups is 1. The Hall–Kier alpha value is -1.17. The zero-order chi connectivity index (χ0) is 14.5. The van der Waals surface area contributed by atoms with Crippen LogP contribution in [0.2, 0.25) is 0 Å². The molecule has 0 spiro atoms. The number of morpholine rings is 2. The van der Waals surface area contributed by atoms with E-state index in [4.69, 9.17) is 21.7 Å². The monoisotopic (exact) mass is 306 g/mol. The lowest BCUT2D eigenvalue weighted by atomic mass is 10.1. The van der Waals surface area contributed by atoms with E-state index in [1.807, 2.05) is 0 Å². The Morgan fingerprint density at radius 2 is 1.57 bits per heavy atom. The fourth-order valence-corrected chi connectivity index (χ4v) is 3.20. The molecule has 0 amide bonds. The summed E-state index contributed by atoms with van der Waals surface area (Å²) in [5, 5.41) is 0. The van der Waals surface area contributed by atoms with Crippen molar-refractivity contribution in [2.75, 3.05) is 57.5 Å². The maximum Gasteiger partial charge on any atom is 0.0826 e. The van der Waals surface area contributed by atoms with Crippen LogP contribution in [0.25, 0.3) is 0 Å². The quantitative estimate of drug-likeness (QED) is 0.792. The largest absolute Gasteiger partial charge is 0.378 e. The van der Waals surface area contributed by atoms with Gasteiger partial charge in [0.25, 0.3) is 0 Å². The Balaban J connectivity index is 1.70. The van der Waals surface area contributed by atoms with Crippen LogP contribution in [0.15, 0.2) is 24.3 Å². The molecule has 2 aliphatic heterocycles. The molecule has 0 N–H and O–H groups in total. The maximum atomic E-state index is 5.64. The Kier molecular flexibility index (Phi) is 5.06. The molecule has 2 fully saturated rings. The van der Waals surface area contributed by atoms with Crippen molar-refractivity contribution in [1.29, 1.82) is 0 Å². The van der Waals surface area contributed by atoms with Gasteiger partial charge >= 0.3 is 0 Å². The van der Waals surface area contributed by atoms with Crippen molar-refractivity contribution in [2.45, 2.75) is 6.42 Å². The summed E-state index contributed by atoms with van der Waals surface area (Å²) in [6, 6.07) is 8.59. The highest BCUT2D eigenvalue weighted by Crippen LogP contribution is 2.23. The van der Waals surface area contributed by atoms with Gasteiger partial charge in [-0.05, 0) is 11.6 Å². The van der Waals surface area contributed by atoms with Gasteiger partial charge in [0.05, 0.1) is 31.4 Å². The number of anilines is 1. The van der Waals surface area contributed by atoms with E-state index in [1.165, 1.54) is 11.3 Å². The van der Waals surface area contributed by atoms with Crippen molar-refractivity contribution in [1.82, 2.24) is 4.90 Å². The first-order valence-corrected chi connectivity index (χ1v) is 8.01. The van der Waals surface area contributed by atoms with Gasteiger partial charge in [-0.1, -0.05) is 30.4 Å². The molecule has 2 aliphatic rings. The molecule has 0 unspecified atom stereocenters. The number of rotatable bonds is 3. The van der Waals surface area contributed by atoms with Crippen LogP contribution >= 0.6 is 12.2 Å². The van der Waals surface area contributed by atoms with Crippen LogP contribution in [0.1, 0.15) is 5.56 Å². The molecule has 0 aliphatic carbocycles. The smallest absolute Gasteiger partial charge is 0.0826 e. The molecule has 0 atom stereocenters. The van der Waals surface area contributed by atoms with Crippen LogP contribution in [0, 0.1) is 0 Å². The summed E-state index contributed by atoms with van der Waals surface area (Å²) >= 11 is 5.64. The molecule has 0 saturated carbocycles. The van der Waals surface area contributed by atoms with E-state index in [1.54, 1.807) is 0 Å². The zero-order valence-electron chi connectivity index (χ0n) is 12.3. The van der Waals surface area contributed by atoms with Crippen molar-refractivity contribution in [3.63, 3.8) is 0 Å². The summed E-state index contributed by atoms with van der Waals surface area (Å²) in [5.74, 6) is 0. The molecule has 1 aromatic carbocycles. The summed E-state index contributed by atoms with van der Waals surface area (Å²) in [4.78, 5) is 5.70. The van der Waals surface area contributed by atoms with Crippen LogP contribution in [0.5, 0.6) is 0 Å². The van der Waals surface area contributed by atoms with Crippen molar-refractivity contribution in [3.8, 4) is 0 Å². The highest BCUT2D eigenvalue weighted by molar-refractivity contribution is 7.80. The Morgan fingerprint density at radius 3 is 2.29 bits per heavy atom. The summed E-state index contributed by atoms with van der Waals surface area (Å²) in [6.07, 6.45) is 0.836. The minimum absolute atomic E-state index is 0.783. The fraction of sp³-hybridized carbons (Fsp3) is 0.562. The lowest BCUT2D eigenvalue weighted by molar-refractivity contribution is 0.0684. The maximum absolute atomic E-state index is 5.64. The van der Waals surface area contributed by atoms with E-state index in [2.05, 4.69) is 34.1 Å². The van der Waals surface area contributed by atoms with Gasteiger partial charge in [-0.3, -0.25) is 0 Å². The number of nitrogens with zero attached hydrogens (tertiary/aromatic N) is 2. The minimum atomic E-state index is 0.783. The Bertz CT molecular complexity index is 483. The highest BCUT2D eigenvalue weighted by Gasteiger charge is 2.18. The second-order valence-electron chi connectivity index (χ2n) is 5.40. The molecule has 0 bridgehead atoms. The van der Waals surface area contributed by atoms with E-state index >= 15 is 0 Å². The zero-order valence-corrected chi connectivity index (χ0v) is 13.1. The molecule has 21 heavy (non-hydrogen) atoms. The third-order valence-electron chi connectivity index (χ3n) is 4.05. The normalized spacial score (nSPS) is 19.6. The van der Waals surface area contributed by atoms with E-state index in [0.29, 0.717) is 0 Å². The molecule has 0 aromatic heterocycles. The first kappa shape index (κ1) is 14.8. The Morgan fingerprint density at radius 1 is 0.952 bits per heavy atom. The van der Waals surface area contributed by atoms with Gasteiger partial charge in [0.1, 0.15) is 0 Å². The van der Waals surface area contributed by atoms with Crippen molar-refractivity contribution < 1.29 is 9.47 Å². The molecule has 1 aromatic rings. The topological polar surface area (TPSA) is 24.9 Å². The second-order valence-corrected chi connectivity index (χ2v) is 5.87. The first-order chi connectivity index (χ1) is 10.3. The third kappa shape index (κ3) is 3.73. The van der Waals surface area contributed by atoms with Crippen LogP contribution in [0.3, 0.4) is 0 Å². The van der Waals surface area contributed by atoms with Gasteiger partial charge in [-0.25, -0.2) is 0 Å². The molecule has 0 radical (unpaired) electrons. The van der Waals surface area contributed by atoms with Crippen LogP contribution in [0.4, 0.5) is 5.69 Å². The average Bonchev–Trinajstić information content (AvgIpc) is 2.57. The third-order valence-corrected chi connectivity index (χ3v) is 4.45. The molecule has 5 heteroatoms. The fourth-order valence-electron chi connectivity index (χ4n) is 2.86. The molecular formula is C16H22N2O2S. The van der Waals surface area contributed by atoms with Gasteiger partial charge in [-0.2, -0.15) is 0 Å². The lowest BCUT2D eigenvalue weighted by Gasteiger charge is -2.32. The van der Waals surface area contributed by atoms with E-state index in [9.17, 15) is 0 Å². The number of hydrogen-bond acceptors (Lipinski definition) is 4. The number of ether oxygens (including phenoxy) is 2. The molecule has 3 rings (SSSR count). The number of para-hydroxylation sites is 1. The molecular weight excluding hydrogens is 284 g/mol. The number of hydrogen-bond donors (Lipinski definition) is 0. The molecule has 2 heterocycles. The van der Waals surface area contributed by atoms with E-state index < -0.39 is 0 Å². The lowest BCUT2D eigenvalue weighted by Crippen LogP contribution is -2.41. The van der Waals surface area contributed by atoms with Gasteiger partial charge in [0, 0.05) is 38.3 Å². The summed E-state index contributed by atoms with van der Waals surface area (Å²) in [7, 11) is 0. The predicted molar refractivity (Wildman–Crippen MR) is 88.2 cm³/mol. The standard InChI is InChI=1S/C16H22N2O2S/c21-16(18-7-11-20-12-8-18)13-14-3-1-2-4-15(14)17-5-9-19-10-6-17/h1-4H,5-13H2. The van der Waals surface area contributed by atoms with Crippen molar-refractivity contribution in [3.05, 3.63) is 29.8 Å². The second kappa shape index (κ2) is 7.20. The SMILES string of the molecule is S=C(Cc1ccccc1N1CCOCC1)N1CCOCC1. The highest BCUT2D eigenvalue weighted by atomic mass is 32.1. The molecule has 4 nitrogen and oxygen atoms in total. The summed E-state index contributed by atoms with van der Waals surface area (Å²) in [6.45, 7) is 6.93. The molecule has 2 saturated heterocycles. The minimum Gasteiger partial charge on any atom is -0.378 e.